The average Bonchev–Trinajstić information content (AvgIpc) is 3.01. The molecule has 1 aromatic carbocycles. The fourth-order valence-electron chi connectivity index (χ4n) is 1.96. The van der Waals surface area contributed by atoms with Gasteiger partial charge in [0.15, 0.2) is 0 Å². The Morgan fingerprint density at radius 3 is 2.85 bits per heavy atom. The van der Waals surface area contributed by atoms with Crippen molar-refractivity contribution in [2.24, 2.45) is 5.73 Å². The molecule has 146 valence electrons. The highest BCUT2D eigenvalue weighted by atomic mass is 79.9. The van der Waals surface area contributed by atoms with E-state index in [0.717, 1.165) is 11.5 Å². The summed E-state index contributed by atoms with van der Waals surface area (Å²) in [5.41, 5.74) is 5.51. The van der Waals surface area contributed by atoms with Crippen molar-refractivity contribution in [2.75, 3.05) is 11.9 Å². The van der Waals surface area contributed by atoms with E-state index in [0.29, 0.717) is 10.9 Å². The Morgan fingerprint density at radius 2 is 2.22 bits per heavy atom. The number of aliphatic hydroxyl groups is 1. The fraction of sp³-hybridized carbons (Fsp3) is 0.312. The van der Waals surface area contributed by atoms with Crippen molar-refractivity contribution < 1.29 is 23.8 Å². The first kappa shape index (κ1) is 21.1. The van der Waals surface area contributed by atoms with E-state index in [-0.39, 0.29) is 35.2 Å². The van der Waals surface area contributed by atoms with Gasteiger partial charge in [-0.3, -0.25) is 10.1 Å². The fourth-order valence-corrected chi connectivity index (χ4v) is 3.03. The number of halogens is 2. The summed E-state index contributed by atoms with van der Waals surface area (Å²) in [7, 11) is 0. The zero-order valence-corrected chi connectivity index (χ0v) is 16.7. The quantitative estimate of drug-likeness (QED) is 0.481. The summed E-state index contributed by atoms with van der Waals surface area (Å²) in [5.74, 6) is -1.43. The average molecular weight is 461 g/mol. The van der Waals surface area contributed by atoms with Crippen LogP contribution in [0.2, 0.25) is 0 Å². The summed E-state index contributed by atoms with van der Waals surface area (Å²) in [6, 6.07) is 3.84. The number of anilines is 1. The zero-order chi connectivity index (χ0) is 20.0. The van der Waals surface area contributed by atoms with Gasteiger partial charge in [-0.1, -0.05) is 28.9 Å². The van der Waals surface area contributed by atoms with Gasteiger partial charge in [0.05, 0.1) is 6.10 Å². The van der Waals surface area contributed by atoms with Crippen LogP contribution in [0, 0.1) is 5.82 Å². The Labute approximate surface area is 167 Å². The molecule has 0 saturated carbocycles. The summed E-state index contributed by atoms with van der Waals surface area (Å²) in [6.07, 6.45) is -0.189. The van der Waals surface area contributed by atoms with Crippen molar-refractivity contribution in [2.45, 2.75) is 26.1 Å². The molecule has 0 fully saturated rings. The highest BCUT2D eigenvalue weighted by molar-refractivity contribution is 9.10. The number of hydrogen-bond acceptors (Lipinski definition) is 6. The second kappa shape index (κ2) is 9.62. The van der Waals surface area contributed by atoms with E-state index in [2.05, 4.69) is 30.9 Å². The number of hydrogen-bond donors (Lipinski definition) is 4. The number of nitrogens with two attached hydrogens (primary N) is 1. The molecule has 1 unspecified atom stereocenters. The van der Waals surface area contributed by atoms with Crippen LogP contribution in [0.4, 0.5) is 14.2 Å². The summed E-state index contributed by atoms with van der Waals surface area (Å²) in [4.78, 5) is 23.6. The number of aliphatic hydroxyl groups excluding tert-OH is 1. The van der Waals surface area contributed by atoms with Crippen molar-refractivity contribution in [1.82, 2.24) is 9.69 Å². The van der Waals surface area contributed by atoms with Gasteiger partial charge in [0.1, 0.15) is 23.0 Å². The van der Waals surface area contributed by atoms with E-state index in [1.165, 1.54) is 12.1 Å². The first-order chi connectivity index (χ1) is 12.8. The van der Waals surface area contributed by atoms with Gasteiger partial charge in [-0.05, 0) is 30.1 Å². The van der Waals surface area contributed by atoms with Crippen LogP contribution < -0.4 is 21.1 Å². The number of rotatable bonds is 8. The maximum absolute atomic E-state index is 13.9. The van der Waals surface area contributed by atoms with E-state index in [1.54, 1.807) is 13.0 Å². The smallest absolute Gasteiger partial charge is 0.320 e. The second-order valence-corrected chi connectivity index (χ2v) is 7.17. The molecule has 5 N–H and O–H groups in total. The summed E-state index contributed by atoms with van der Waals surface area (Å²) < 4.78 is 23.8. The molecule has 0 aliphatic heterocycles. The highest BCUT2D eigenvalue weighted by Gasteiger charge is 2.22. The van der Waals surface area contributed by atoms with E-state index in [9.17, 15) is 19.1 Å². The third-order valence-corrected chi connectivity index (χ3v) is 4.72. The molecule has 1 aromatic heterocycles. The molecule has 8 nitrogen and oxygen atoms in total. The van der Waals surface area contributed by atoms with Crippen LogP contribution in [0.3, 0.4) is 0 Å². The predicted octanol–water partition coefficient (Wildman–Crippen LogP) is 2.62. The molecule has 11 heteroatoms. The van der Waals surface area contributed by atoms with E-state index in [1.807, 2.05) is 0 Å². The lowest BCUT2D eigenvalue weighted by molar-refractivity contribution is 0.0996. The Hall–Kier alpha value is -2.24. The van der Waals surface area contributed by atoms with E-state index >= 15 is 0 Å². The maximum Gasteiger partial charge on any atom is 0.320 e. The Kier molecular flexibility index (Phi) is 7.51. The molecule has 1 heterocycles. The summed E-state index contributed by atoms with van der Waals surface area (Å²) >= 11 is 3.96. The molecule has 0 bridgehead atoms. The number of benzene rings is 1. The van der Waals surface area contributed by atoms with E-state index in [4.69, 9.17) is 10.5 Å². The molecule has 2 aromatic rings. The Balaban J connectivity index is 2.07. The van der Waals surface area contributed by atoms with Crippen LogP contribution in [0.25, 0.3) is 0 Å². The molecule has 0 spiro atoms. The zero-order valence-electron chi connectivity index (χ0n) is 14.3. The molecule has 0 aliphatic carbocycles. The third kappa shape index (κ3) is 5.88. The van der Waals surface area contributed by atoms with Crippen molar-refractivity contribution in [3.63, 3.8) is 0 Å². The summed E-state index contributed by atoms with van der Waals surface area (Å²) in [6.45, 7) is 1.66. The lowest BCUT2D eigenvalue weighted by Crippen LogP contribution is -2.35. The van der Waals surface area contributed by atoms with Gasteiger partial charge in [-0.15, -0.1) is 0 Å². The standard InChI is InChI=1S/C16H18BrFN4O4S/c1-2-10(23)6-20-16(25)21-15-12(13(19)24)14(22-27-15)26-7-8-3-4-9(17)5-11(8)18/h3-5,10,23H,2,6-7H2,1H3,(H2,19,24)(H2,20,21,25). The molecule has 0 saturated heterocycles. The predicted molar refractivity (Wildman–Crippen MR) is 102 cm³/mol. The van der Waals surface area contributed by atoms with E-state index < -0.39 is 23.9 Å². The van der Waals surface area contributed by atoms with Gasteiger partial charge < -0.3 is 20.9 Å². The molecular weight excluding hydrogens is 443 g/mol. The highest BCUT2D eigenvalue weighted by Crippen LogP contribution is 2.31. The van der Waals surface area contributed by atoms with Crippen molar-refractivity contribution in [3.05, 3.63) is 39.6 Å². The van der Waals surface area contributed by atoms with Crippen LogP contribution >= 0.6 is 27.5 Å². The van der Waals surface area contributed by atoms with Crippen LogP contribution in [0.15, 0.2) is 22.7 Å². The SMILES string of the molecule is CCC(O)CNC(=O)Nc1snc(OCc2ccc(Br)cc2F)c1C(N)=O. The van der Waals surface area contributed by atoms with Crippen molar-refractivity contribution in [1.29, 1.82) is 0 Å². The van der Waals surface area contributed by atoms with Crippen molar-refractivity contribution in [3.8, 4) is 5.88 Å². The molecular formula is C16H18BrFN4O4S. The largest absolute Gasteiger partial charge is 0.471 e. The van der Waals surface area contributed by atoms with Crippen LogP contribution in [0.1, 0.15) is 29.3 Å². The minimum absolute atomic E-state index is 0.0548. The molecule has 27 heavy (non-hydrogen) atoms. The number of primary amides is 1. The molecule has 0 radical (unpaired) electrons. The lowest BCUT2D eigenvalue weighted by Gasteiger charge is -2.10. The Morgan fingerprint density at radius 1 is 1.48 bits per heavy atom. The van der Waals surface area contributed by atoms with Crippen molar-refractivity contribution >= 4 is 44.4 Å². The molecule has 2 rings (SSSR count). The normalized spacial score (nSPS) is 11.7. The van der Waals surface area contributed by atoms with Gasteiger partial charge >= 0.3 is 6.03 Å². The number of aromatic nitrogens is 1. The lowest BCUT2D eigenvalue weighted by atomic mass is 10.2. The number of urea groups is 1. The monoisotopic (exact) mass is 460 g/mol. The van der Waals surface area contributed by atoms with Gasteiger partial charge in [-0.2, -0.15) is 4.37 Å². The Bertz CT molecular complexity index is 833. The van der Waals surface area contributed by atoms with Crippen LogP contribution in [-0.2, 0) is 6.61 Å². The first-order valence-electron chi connectivity index (χ1n) is 7.90. The van der Waals surface area contributed by atoms with Crippen LogP contribution in [-0.4, -0.2) is 34.1 Å². The minimum Gasteiger partial charge on any atom is -0.471 e. The minimum atomic E-state index is -0.848. The number of ether oxygens (including phenoxy) is 1. The first-order valence-corrected chi connectivity index (χ1v) is 9.47. The number of carbonyl (C=O) groups is 2. The summed E-state index contributed by atoms with van der Waals surface area (Å²) in [5, 5.41) is 14.5. The van der Waals surface area contributed by atoms with Gasteiger partial charge in [0.2, 0.25) is 5.88 Å². The maximum atomic E-state index is 13.9. The number of carbonyl (C=O) groups excluding carboxylic acids is 2. The molecule has 0 aliphatic rings. The van der Waals surface area contributed by atoms with Gasteiger partial charge in [0.25, 0.3) is 5.91 Å². The third-order valence-electron chi connectivity index (χ3n) is 3.48. The van der Waals surface area contributed by atoms with Gasteiger partial charge in [-0.25, -0.2) is 9.18 Å². The topological polar surface area (TPSA) is 127 Å². The van der Waals surface area contributed by atoms with Crippen LogP contribution in [0.5, 0.6) is 5.88 Å². The second-order valence-electron chi connectivity index (χ2n) is 5.48. The number of nitrogens with one attached hydrogen (secondary N) is 2. The molecule has 3 amide bonds. The number of nitrogens with zero attached hydrogens (tertiary/aromatic N) is 1. The van der Waals surface area contributed by atoms with Gasteiger partial charge in [0, 0.05) is 16.6 Å². The number of amides is 3. The molecule has 1 atom stereocenters.